The van der Waals surface area contributed by atoms with Crippen LogP contribution in [0.3, 0.4) is 0 Å². The van der Waals surface area contributed by atoms with Crippen molar-refractivity contribution in [3.63, 3.8) is 0 Å². The first-order valence-electron chi connectivity index (χ1n) is 9.81. The van der Waals surface area contributed by atoms with Crippen molar-refractivity contribution >= 4 is 17.3 Å². The molecule has 0 heterocycles. The van der Waals surface area contributed by atoms with Crippen LogP contribution in [0.5, 0.6) is 0 Å². The zero-order valence-corrected chi connectivity index (χ0v) is 16.0. The Labute approximate surface area is 158 Å². The van der Waals surface area contributed by atoms with Gasteiger partial charge in [0.1, 0.15) is 0 Å². The fourth-order valence-corrected chi connectivity index (χ4v) is 2.62. The molecule has 0 saturated heterocycles. The maximum absolute atomic E-state index is 10.2. The fraction of sp³-hybridized carbons (Fsp3) is 0.435. The molecule has 0 aliphatic carbocycles. The molecule has 0 radical (unpaired) electrons. The Kier molecular flexibility index (Phi) is 12.6. The van der Waals surface area contributed by atoms with Crippen molar-refractivity contribution in [2.24, 2.45) is 0 Å². The number of benzene rings is 2. The molecule has 3 nitrogen and oxygen atoms in total. The molecule has 0 unspecified atom stereocenters. The molecule has 0 fully saturated rings. The zero-order valence-electron chi connectivity index (χ0n) is 16.0. The van der Waals surface area contributed by atoms with Crippen molar-refractivity contribution in [3.05, 3.63) is 60.7 Å². The first kappa shape index (κ1) is 21.8. The largest absolute Gasteiger partial charge is 0.481 e. The van der Waals surface area contributed by atoms with E-state index >= 15 is 0 Å². The highest BCUT2D eigenvalue weighted by Crippen LogP contribution is 2.14. The maximum Gasteiger partial charge on any atom is 0.303 e. The minimum Gasteiger partial charge on any atom is -0.481 e. The van der Waals surface area contributed by atoms with E-state index in [-0.39, 0.29) is 0 Å². The molecule has 0 amide bonds. The van der Waals surface area contributed by atoms with Gasteiger partial charge < -0.3 is 10.4 Å². The maximum atomic E-state index is 10.2. The monoisotopic (exact) mass is 355 g/mol. The van der Waals surface area contributed by atoms with Gasteiger partial charge in [-0.3, -0.25) is 4.79 Å². The minimum atomic E-state index is -0.661. The van der Waals surface area contributed by atoms with Gasteiger partial charge in [-0.2, -0.15) is 0 Å². The summed E-state index contributed by atoms with van der Waals surface area (Å²) in [5.41, 5.74) is 2.24. The number of nitrogens with one attached hydrogen (secondary N) is 1. The summed E-state index contributed by atoms with van der Waals surface area (Å²) in [5.74, 6) is -0.661. The standard InChI is InChI=1S/C12H11N.C11H22O2/c1-3-7-11(8-4-1)13-12-9-5-2-6-10-12;1-2-3-4-5-6-7-8-9-10-11(12)13/h1-10,13H;2-10H2,1H3,(H,12,13). The molecule has 0 spiro atoms. The predicted octanol–water partition coefficient (Wildman–Crippen LogP) is 7.03. The van der Waals surface area contributed by atoms with Gasteiger partial charge >= 0.3 is 5.97 Å². The Morgan fingerprint density at radius 1 is 0.731 bits per heavy atom. The molecule has 0 bridgehead atoms. The van der Waals surface area contributed by atoms with E-state index in [0.29, 0.717) is 6.42 Å². The average molecular weight is 356 g/mol. The highest BCUT2D eigenvalue weighted by molar-refractivity contribution is 5.66. The van der Waals surface area contributed by atoms with Crippen LogP contribution in [0.2, 0.25) is 0 Å². The molecule has 2 aromatic carbocycles. The number of para-hydroxylation sites is 2. The van der Waals surface area contributed by atoms with E-state index in [2.05, 4.69) is 12.2 Å². The zero-order chi connectivity index (χ0) is 18.9. The van der Waals surface area contributed by atoms with Gasteiger partial charge in [-0.25, -0.2) is 0 Å². The number of rotatable bonds is 11. The van der Waals surface area contributed by atoms with Crippen LogP contribution in [-0.2, 0) is 4.79 Å². The molecular formula is C23H33NO2. The minimum absolute atomic E-state index is 0.342. The summed E-state index contributed by atoms with van der Waals surface area (Å²) < 4.78 is 0. The van der Waals surface area contributed by atoms with Crippen molar-refractivity contribution in [1.29, 1.82) is 0 Å². The molecule has 3 heteroatoms. The Balaban J connectivity index is 0.000000260. The lowest BCUT2D eigenvalue weighted by Crippen LogP contribution is -1.93. The first-order valence-corrected chi connectivity index (χ1v) is 9.81. The summed E-state index contributed by atoms with van der Waals surface area (Å²) in [6.07, 6.45) is 10.1. The van der Waals surface area contributed by atoms with Crippen molar-refractivity contribution < 1.29 is 9.90 Å². The molecule has 2 N–H and O–H groups in total. The van der Waals surface area contributed by atoms with E-state index in [9.17, 15) is 4.79 Å². The Morgan fingerprint density at radius 2 is 1.15 bits per heavy atom. The number of carboxylic acid groups (broad SMARTS) is 1. The van der Waals surface area contributed by atoms with E-state index in [4.69, 9.17) is 5.11 Å². The number of hydrogen-bond acceptors (Lipinski definition) is 2. The Bertz CT molecular complexity index is 532. The fourth-order valence-electron chi connectivity index (χ4n) is 2.62. The molecule has 0 atom stereocenters. The van der Waals surface area contributed by atoms with E-state index in [1.165, 1.54) is 38.5 Å². The molecule has 0 aromatic heterocycles. The van der Waals surface area contributed by atoms with Crippen LogP contribution in [0.15, 0.2) is 60.7 Å². The molecule has 0 aliphatic rings. The third kappa shape index (κ3) is 12.1. The summed E-state index contributed by atoms with van der Waals surface area (Å²) in [7, 11) is 0. The second kappa shape index (κ2) is 15.0. The summed E-state index contributed by atoms with van der Waals surface area (Å²) in [5, 5.41) is 11.7. The van der Waals surface area contributed by atoms with Crippen LogP contribution in [0.4, 0.5) is 11.4 Å². The molecule has 0 saturated carbocycles. The Morgan fingerprint density at radius 3 is 1.58 bits per heavy atom. The van der Waals surface area contributed by atoms with Crippen molar-refractivity contribution in [2.45, 2.75) is 64.7 Å². The van der Waals surface area contributed by atoms with Crippen molar-refractivity contribution in [3.8, 4) is 0 Å². The number of carboxylic acids is 1. The van der Waals surface area contributed by atoms with Crippen LogP contribution in [0.25, 0.3) is 0 Å². The normalized spacial score (nSPS) is 9.88. The lowest BCUT2D eigenvalue weighted by Gasteiger charge is -2.04. The summed E-state index contributed by atoms with van der Waals surface area (Å²) in [6.45, 7) is 2.22. The van der Waals surface area contributed by atoms with Gasteiger partial charge in [0.25, 0.3) is 0 Å². The van der Waals surface area contributed by atoms with Gasteiger partial charge in [-0.05, 0) is 30.7 Å². The van der Waals surface area contributed by atoms with Crippen molar-refractivity contribution in [2.75, 3.05) is 5.32 Å². The molecule has 26 heavy (non-hydrogen) atoms. The molecule has 0 aliphatic heterocycles. The van der Waals surface area contributed by atoms with Gasteiger partial charge in [-0.15, -0.1) is 0 Å². The van der Waals surface area contributed by atoms with Crippen molar-refractivity contribution in [1.82, 2.24) is 0 Å². The predicted molar refractivity (Wildman–Crippen MR) is 111 cm³/mol. The van der Waals surface area contributed by atoms with Gasteiger partial charge in [0.15, 0.2) is 0 Å². The van der Waals surface area contributed by atoms with Crippen LogP contribution in [-0.4, -0.2) is 11.1 Å². The first-order chi connectivity index (χ1) is 12.7. The average Bonchev–Trinajstić information content (AvgIpc) is 2.66. The molecule has 2 rings (SSSR count). The van der Waals surface area contributed by atoms with Gasteiger partial charge in [-0.1, -0.05) is 88.3 Å². The number of hydrogen-bond donors (Lipinski definition) is 2. The van der Waals surface area contributed by atoms with Crippen LogP contribution in [0.1, 0.15) is 64.7 Å². The van der Waals surface area contributed by atoms with Gasteiger partial charge in [0, 0.05) is 17.8 Å². The number of carbonyl (C=O) groups is 1. The topological polar surface area (TPSA) is 49.3 Å². The van der Waals surface area contributed by atoms with Crippen LogP contribution < -0.4 is 5.32 Å². The molecule has 2 aromatic rings. The summed E-state index contributed by atoms with van der Waals surface area (Å²) in [4.78, 5) is 10.2. The van der Waals surface area contributed by atoms with E-state index in [1.54, 1.807) is 0 Å². The third-order valence-electron chi connectivity index (χ3n) is 4.08. The smallest absolute Gasteiger partial charge is 0.303 e. The number of unbranched alkanes of at least 4 members (excludes halogenated alkanes) is 7. The summed E-state index contributed by atoms with van der Waals surface area (Å²) in [6, 6.07) is 20.3. The molecule has 142 valence electrons. The summed E-state index contributed by atoms with van der Waals surface area (Å²) >= 11 is 0. The van der Waals surface area contributed by atoms with Gasteiger partial charge in [0.05, 0.1) is 0 Å². The Hall–Kier alpha value is -2.29. The second-order valence-corrected chi connectivity index (χ2v) is 6.48. The lowest BCUT2D eigenvalue weighted by molar-refractivity contribution is -0.137. The third-order valence-corrected chi connectivity index (χ3v) is 4.08. The SMILES string of the molecule is CCCCCCCCCCC(=O)O.c1ccc(Nc2ccccc2)cc1. The van der Waals surface area contributed by atoms with E-state index in [1.807, 2.05) is 60.7 Å². The van der Waals surface area contributed by atoms with E-state index < -0.39 is 5.97 Å². The van der Waals surface area contributed by atoms with E-state index in [0.717, 1.165) is 24.2 Å². The van der Waals surface area contributed by atoms with Crippen LogP contribution >= 0.6 is 0 Å². The highest BCUT2D eigenvalue weighted by Gasteiger charge is 1.96. The lowest BCUT2D eigenvalue weighted by atomic mass is 10.1. The van der Waals surface area contributed by atoms with Gasteiger partial charge in [0.2, 0.25) is 0 Å². The second-order valence-electron chi connectivity index (χ2n) is 6.48. The van der Waals surface area contributed by atoms with Crippen LogP contribution in [0, 0.1) is 0 Å². The number of aliphatic carboxylic acids is 1. The quantitative estimate of drug-likeness (QED) is 0.425. The highest BCUT2D eigenvalue weighted by atomic mass is 16.4. The number of anilines is 2. The molecular weight excluding hydrogens is 322 g/mol.